The van der Waals surface area contributed by atoms with Gasteiger partial charge in [-0.3, -0.25) is 0 Å². The summed E-state index contributed by atoms with van der Waals surface area (Å²) in [6.45, 7) is 2.30. The Morgan fingerprint density at radius 2 is 1.29 bits per heavy atom. The summed E-state index contributed by atoms with van der Waals surface area (Å²) in [5.41, 5.74) is 0. The normalized spacial score (nSPS) is 9.71. The third kappa shape index (κ3) is 9.17. The molecule has 0 unspecified atom stereocenters. The van der Waals surface area contributed by atoms with Crippen molar-refractivity contribution in [1.29, 1.82) is 0 Å². The molecule has 0 aromatic rings. The molecular formula is C13H21N. The Hall–Kier alpha value is -0.920. The Morgan fingerprint density at radius 1 is 0.857 bits per heavy atom. The standard InChI is InChI=1S/C13H21N/c1-4-6-8-10-12-14(3)13-11-9-7-5-2/h1-2H,6-13H2,3H3. The number of terminal acetylenes is 2. The SMILES string of the molecule is C#CCCCCN(C)CCCCC#C. The molecule has 0 rings (SSSR count). The van der Waals surface area contributed by atoms with Gasteiger partial charge in [-0.15, -0.1) is 24.7 Å². The number of unbranched alkanes of at least 4 members (excludes halogenated alkanes) is 4. The van der Waals surface area contributed by atoms with Gasteiger partial charge in [0.25, 0.3) is 0 Å². The molecule has 0 N–H and O–H groups in total. The zero-order valence-electron chi connectivity index (χ0n) is 9.26. The number of hydrogen-bond donors (Lipinski definition) is 0. The summed E-state index contributed by atoms with van der Waals surface area (Å²) in [6, 6.07) is 0. The van der Waals surface area contributed by atoms with E-state index < -0.39 is 0 Å². The van der Waals surface area contributed by atoms with Crippen LogP contribution in [0.3, 0.4) is 0 Å². The maximum absolute atomic E-state index is 5.18. The Balaban J connectivity index is 3.16. The molecule has 0 aliphatic carbocycles. The smallest absolute Gasteiger partial charge is 0.00865 e. The van der Waals surface area contributed by atoms with Crippen LogP contribution in [-0.2, 0) is 0 Å². The fraction of sp³-hybridized carbons (Fsp3) is 0.692. The van der Waals surface area contributed by atoms with Crippen LogP contribution in [0.5, 0.6) is 0 Å². The molecule has 0 aliphatic rings. The average molecular weight is 191 g/mol. The predicted octanol–water partition coefficient (Wildman–Crippen LogP) is 2.53. The molecule has 0 aromatic heterocycles. The van der Waals surface area contributed by atoms with E-state index in [9.17, 15) is 0 Å². The van der Waals surface area contributed by atoms with E-state index in [0.717, 1.165) is 38.8 Å². The fourth-order valence-corrected chi connectivity index (χ4v) is 1.33. The van der Waals surface area contributed by atoms with E-state index in [1.807, 2.05) is 0 Å². The lowest BCUT2D eigenvalue weighted by Crippen LogP contribution is -2.20. The molecule has 0 amide bonds. The Morgan fingerprint density at radius 3 is 1.64 bits per heavy atom. The highest BCUT2D eigenvalue weighted by atomic mass is 15.1. The van der Waals surface area contributed by atoms with Crippen LogP contribution in [0.2, 0.25) is 0 Å². The van der Waals surface area contributed by atoms with Crippen molar-refractivity contribution in [1.82, 2.24) is 4.90 Å². The highest BCUT2D eigenvalue weighted by Crippen LogP contribution is 1.99. The van der Waals surface area contributed by atoms with Crippen molar-refractivity contribution >= 4 is 0 Å². The van der Waals surface area contributed by atoms with E-state index in [1.165, 1.54) is 12.8 Å². The van der Waals surface area contributed by atoms with Crippen LogP contribution in [-0.4, -0.2) is 25.0 Å². The predicted molar refractivity (Wildman–Crippen MR) is 62.9 cm³/mol. The minimum Gasteiger partial charge on any atom is -0.306 e. The Labute approximate surface area is 88.9 Å². The highest BCUT2D eigenvalue weighted by Gasteiger charge is 1.96. The van der Waals surface area contributed by atoms with Crippen LogP contribution in [0.25, 0.3) is 0 Å². The summed E-state index contributed by atoms with van der Waals surface area (Å²) in [7, 11) is 2.16. The number of hydrogen-bond acceptors (Lipinski definition) is 1. The molecule has 0 aromatic carbocycles. The van der Waals surface area contributed by atoms with Gasteiger partial charge in [0.15, 0.2) is 0 Å². The van der Waals surface area contributed by atoms with E-state index in [1.54, 1.807) is 0 Å². The first-order valence-electron chi connectivity index (χ1n) is 5.36. The van der Waals surface area contributed by atoms with Crippen LogP contribution in [0.1, 0.15) is 38.5 Å². The van der Waals surface area contributed by atoms with E-state index in [0.29, 0.717) is 0 Å². The van der Waals surface area contributed by atoms with Gasteiger partial charge in [-0.2, -0.15) is 0 Å². The van der Waals surface area contributed by atoms with Gasteiger partial charge in [-0.05, 0) is 45.8 Å². The van der Waals surface area contributed by atoms with Crippen LogP contribution >= 0.6 is 0 Å². The van der Waals surface area contributed by atoms with Crippen molar-refractivity contribution in [2.45, 2.75) is 38.5 Å². The minimum absolute atomic E-state index is 0.908. The summed E-state index contributed by atoms with van der Waals surface area (Å²) in [4.78, 5) is 2.35. The van der Waals surface area contributed by atoms with E-state index in [4.69, 9.17) is 12.8 Å². The topological polar surface area (TPSA) is 3.24 Å². The maximum atomic E-state index is 5.18. The van der Waals surface area contributed by atoms with Gasteiger partial charge in [-0.25, -0.2) is 0 Å². The third-order valence-corrected chi connectivity index (χ3v) is 2.22. The van der Waals surface area contributed by atoms with Crippen molar-refractivity contribution in [2.75, 3.05) is 20.1 Å². The fourth-order valence-electron chi connectivity index (χ4n) is 1.33. The molecule has 78 valence electrons. The maximum Gasteiger partial charge on any atom is 0.00865 e. The van der Waals surface area contributed by atoms with Crippen LogP contribution in [0, 0.1) is 24.7 Å². The van der Waals surface area contributed by atoms with Crippen molar-refractivity contribution < 1.29 is 0 Å². The van der Waals surface area contributed by atoms with Crippen LogP contribution < -0.4 is 0 Å². The summed E-state index contributed by atoms with van der Waals surface area (Å²) in [5.74, 6) is 5.32. The van der Waals surface area contributed by atoms with Crippen molar-refractivity contribution in [2.24, 2.45) is 0 Å². The lowest BCUT2D eigenvalue weighted by Gasteiger charge is -2.15. The molecule has 0 aliphatic heterocycles. The minimum atomic E-state index is 0.908. The summed E-state index contributed by atoms with van der Waals surface area (Å²) < 4.78 is 0. The van der Waals surface area contributed by atoms with Gasteiger partial charge in [0.2, 0.25) is 0 Å². The molecule has 0 saturated carbocycles. The van der Waals surface area contributed by atoms with Crippen molar-refractivity contribution in [3.8, 4) is 24.7 Å². The van der Waals surface area contributed by atoms with Crippen molar-refractivity contribution in [3.05, 3.63) is 0 Å². The second-order valence-electron chi connectivity index (χ2n) is 3.63. The summed E-state index contributed by atoms with van der Waals surface area (Å²) in [5, 5.41) is 0. The third-order valence-electron chi connectivity index (χ3n) is 2.22. The van der Waals surface area contributed by atoms with Gasteiger partial charge < -0.3 is 4.90 Å². The average Bonchev–Trinajstić information content (AvgIpc) is 2.19. The number of nitrogens with zero attached hydrogens (tertiary/aromatic N) is 1. The first-order valence-corrected chi connectivity index (χ1v) is 5.36. The molecule has 0 fully saturated rings. The first-order chi connectivity index (χ1) is 6.81. The summed E-state index contributed by atoms with van der Waals surface area (Å²) >= 11 is 0. The monoisotopic (exact) mass is 191 g/mol. The molecule has 14 heavy (non-hydrogen) atoms. The Kier molecular flexibility index (Phi) is 9.49. The molecule has 0 heterocycles. The van der Waals surface area contributed by atoms with E-state index in [-0.39, 0.29) is 0 Å². The lowest BCUT2D eigenvalue weighted by molar-refractivity contribution is 0.319. The Bertz CT molecular complexity index is 172. The molecular weight excluding hydrogens is 170 g/mol. The zero-order chi connectivity index (χ0) is 10.6. The molecule has 0 radical (unpaired) electrons. The summed E-state index contributed by atoms with van der Waals surface area (Å²) in [6.07, 6.45) is 16.9. The molecule has 1 nitrogen and oxygen atoms in total. The van der Waals surface area contributed by atoms with Gasteiger partial charge in [-0.1, -0.05) is 0 Å². The van der Waals surface area contributed by atoms with Gasteiger partial charge >= 0.3 is 0 Å². The largest absolute Gasteiger partial charge is 0.306 e. The van der Waals surface area contributed by atoms with Gasteiger partial charge in [0.1, 0.15) is 0 Å². The second kappa shape index (κ2) is 10.2. The molecule has 0 atom stereocenters. The van der Waals surface area contributed by atoms with E-state index >= 15 is 0 Å². The van der Waals surface area contributed by atoms with Gasteiger partial charge in [0.05, 0.1) is 0 Å². The molecule has 1 heteroatoms. The lowest BCUT2D eigenvalue weighted by atomic mass is 10.2. The first kappa shape index (κ1) is 13.1. The van der Waals surface area contributed by atoms with Crippen LogP contribution in [0.4, 0.5) is 0 Å². The van der Waals surface area contributed by atoms with E-state index in [2.05, 4.69) is 23.8 Å². The van der Waals surface area contributed by atoms with Crippen LogP contribution in [0.15, 0.2) is 0 Å². The van der Waals surface area contributed by atoms with Crippen molar-refractivity contribution in [3.63, 3.8) is 0 Å². The second-order valence-corrected chi connectivity index (χ2v) is 3.63. The molecule has 0 saturated heterocycles. The zero-order valence-corrected chi connectivity index (χ0v) is 9.26. The highest BCUT2D eigenvalue weighted by molar-refractivity contribution is 4.83. The molecule has 0 spiro atoms. The molecule has 0 bridgehead atoms. The number of rotatable bonds is 8. The van der Waals surface area contributed by atoms with Gasteiger partial charge in [0, 0.05) is 12.8 Å². The quantitative estimate of drug-likeness (QED) is 0.421.